The van der Waals surface area contributed by atoms with Gasteiger partial charge in [-0.05, 0) is 77.7 Å². The number of aryl methyl sites for hydroxylation is 1. The Labute approximate surface area is 192 Å². The van der Waals surface area contributed by atoms with Crippen molar-refractivity contribution in [2.45, 2.75) is 66.7 Å². The van der Waals surface area contributed by atoms with Crippen LogP contribution in [-0.2, 0) is 4.79 Å². The Morgan fingerprint density at radius 1 is 1.16 bits per heavy atom. The standard InChI is InChI=1S/C15H23NO.C7H8.C6H15N/c1-4-5-15(17)13(3)6-7-14-9-11-16-10-8-12(14)2;1-7-5-3-2-4-6-7;1-6(2)4-5-7-3/h6-7,16H,3-5,8-11H2,1-2H3;2-6H,1H3;6-7H,4-5H2,1-3H3/b7-6-;;. The van der Waals surface area contributed by atoms with Gasteiger partial charge in [-0.3, -0.25) is 4.79 Å². The number of rotatable bonds is 8. The molecule has 2 N–H and O–H groups in total. The lowest BCUT2D eigenvalue weighted by Crippen LogP contribution is -2.14. The Balaban J connectivity index is 0.000000527. The third-order valence-electron chi connectivity index (χ3n) is 5.03. The quantitative estimate of drug-likeness (QED) is 0.372. The zero-order valence-corrected chi connectivity index (χ0v) is 20.9. The van der Waals surface area contributed by atoms with Crippen molar-refractivity contribution in [2.24, 2.45) is 5.92 Å². The van der Waals surface area contributed by atoms with E-state index in [4.69, 9.17) is 0 Å². The van der Waals surface area contributed by atoms with Crippen LogP contribution in [0, 0.1) is 12.8 Å². The van der Waals surface area contributed by atoms with E-state index in [1.807, 2.05) is 38.2 Å². The normalized spacial score (nSPS) is 13.8. The Bertz CT molecular complexity index is 672. The molecule has 0 radical (unpaired) electrons. The number of carbonyl (C=O) groups is 1. The van der Waals surface area contributed by atoms with Gasteiger partial charge in [-0.1, -0.05) is 81.0 Å². The largest absolute Gasteiger partial charge is 0.320 e. The molecule has 0 spiro atoms. The first kappa shape index (κ1) is 29.0. The van der Waals surface area contributed by atoms with Crippen LogP contribution < -0.4 is 10.6 Å². The van der Waals surface area contributed by atoms with Crippen molar-refractivity contribution in [2.75, 3.05) is 26.7 Å². The van der Waals surface area contributed by atoms with Crippen LogP contribution in [0.3, 0.4) is 0 Å². The first-order chi connectivity index (χ1) is 14.8. The number of ketones is 1. The van der Waals surface area contributed by atoms with Crippen LogP contribution in [0.1, 0.15) is 65.4 Å². The van der Waals surface area contributed by atoms with Gasteiger partial charge in [0.05, 0.1) is 0 Å². The maximum Gasteiger partial charge on any atom is 0.162 e. The van der Waals surface area contributed by atoms with Crippen molar-refractivity contribution in [3.63, 3.8) is 0 Å². The molecule has 1 heterocycles. The second-order valence-corrected chi connectivity index (χ2v) is 8.53. The molecule has 0 saturated carbocycles. The summed E-state index contributed by atoms with van der Waals surface area (Å²) in [4.78, 5) is 11.6. The average Bonchev–Trinajstić information content (AvgIpc) is 2.96. The van der Waals surface area contributed by atoms with Crippen molar-refractivity contribution in [3.8, 4) is 0 Å². The molecule has 0 aromatic heterocycles. The summed E-state index contributed by atoms with van der Waals surface area (Å²) < 4.78 is 0. The Hall–Kier alpha value is -1.97. The lowest BCUT2D eigenvalue weighted by molar-refractivity contribution is -0.115. The summed E-state index contributed by atoms with van der Waals surface area (Å²) in [5, 5.41) is 6.47. The minimum absolute atomic E-state index is 0.161. The summed E-state index contributed by atoms with van der Waals surface area (Å²) in [5.41, 5.74) is 4.72. The predicted octanol–water partition coefficient (Wildman–Crippen LogP) is 6.41. The molecule has 0 bridgehead atoms. The highest BCUT2D eigenvalue weighted by molar-refractivity contribution is 5.97. The van der Waals surface area contributed by atoms with E-state index in [9.17, 15) is 4.79 Å². The molecular formula is C28H46N2O. The van der Waals surface area contributed by atoms with Gasteiger partial charge in [0.15, 0.2) is 5.78 Å². The number of carbonyl (C=O) groups excluding carboxylic acids is 1. The van der Waals surface area contributed by atoms with Gasteiger partial charge in [-0.15, -0.1) is 0 Å². The molecule has 0 atom stereocenters. The molecule has 1 aliphatic rings. The molecule has 0 saturated heterocycles. The van der Waals surface area contributed by atoms with Crippen molar-refractivity contribution in [1.82, 2.24) is 10.6 Å². The van der Waals surface area contributed by atoms with Crippen molar-refractivity contribution >= 4 is 5.78 Å². The van der Waals surface area contributed by atoms with Crippen LogP contribution in [0.25, 0.3) is 0 Å². The second-order valence-electron chi connectivity index (χ2n) is 8.53. The number of Topliss-reactive ketones (excluding diaryl/α,β-unsaturated/α-hetero) is 1. The van der Waals surface area contributed by atoms with E-state index in [-0.39, 0.29) is 5.78 Å². The second kappa shape index (κ2) is 18.8. The molecule has 3 heteroatoms. The molecule has 0 aliphatic carbocycles. The zero-order chi connectivity index (χ0) is 23.5. The highest BCUT2D eigenvalue weighted by Gasteiger charge is 2.06. The van der Waals surface area contributed by atoms with E-state index >= 15 is 0 Å². The third-order valence-corrected chi connectivity index (χ3v) is 5.03. The van der Waals surface area contributed by atoms with Gasteiger partial charge in [0.1, 0.15) is 0 Å². The fourth-order valence-electron chi connectivity index (χ4n) is 2.87. The lowest BCUT2D eigenvalue weighted by atomic mass is 10.0. The number of benzene rings is 1. The van der Waals surface area contributed by atoms with Gasteiger partial charge < -0.3 is 10.6 Å². The van der Waals surface area contributed by atoms with Crippen molar-refractivity contribution < 1.29 is 4.79 Å². The minimum atomic E-state index is 0.161. The SMILES string of the molecule is C=C(/C=C\C1=C(C)CCNCC1)C(=O)CCC.CNCCC(C)C.Cc1ccccc1. The summed E-state index contributed by atoms with van der Waals surface area (Å²) in [6.07, 6.45) is 8.85. The molecule has 31 heavy (non-hydrogen) atoms. The highest BCUT2D eigenvalue weighted by Crippen LogP contribution is 2.16. The van der Waals surface area contributed by atoms with Gasteiger partial charge in [-0.25, -0.2) is 0 Å². The Morgan fingerprint density at radius 2 is 1.81 bits per heavy atom. The molecule has 1 aromatic rings. The van der Waals surface area contributed by atoms with E-state index in [2.05, 4.69) is 63.1 Å². The summed E-state index contributed by atoms with van der Waals surface area (Å²) >= 11 is 0. The van der Waals surface area contributed by atoms with E-state index in [1.165, 1.54) is 23.1 Å². The number of nitrogens with one attached hydrogen (secondary N) is 2. The van der Waals surface area contributed by atoms with Gasteiger partial charge in [0, 0.05) is 12.0 Å². The van der Waals surface area contributed by atoms with Crippen molar-refractivity contribution in [3.05, 3.63) is 71.3 Å². The minimum Gasteiger partial charge on any atom is -0.320 e. The van der Waals surface area contributed by atoms with E-state index < -0.39 is 0 Å². The predicted molar refractivity (Wildman–Crippen MR) is 138 cm³/mol. The van der Waals surface area contributed by atoms with E-state index in [0.717, 1.165) is 44.8 Å². The topological polar surface area (TPSA) is 41.1 Å². The Kier molecular flexibility index (Phi) is 17.6. The summed E-state index contributed by atoms with van der Waals surface area (Å²) in [6, 6.07) is 10.3. The molecule has 0 fully saturated rings. The summed E-state index contributed by atoms with van der Waals surface area (Å²) in [5.74, 6) is 1.00. The lowest BCUT2D eigenvalue weighted by Gasteiger charge is -2.03. The van der Waals surface area contributed by atoms with Crippen LogP contribution >= 0.6 is 0 Å². The van der Waals surface area contributed by atoms with E-state index in [1.54, 1.807) is 0 Å². The molecule has 3 nitrogen and oxygen atoms in total. The van der Waals surface area contributed by atoms with Crippen LogP contribution in [-0.4, -0.2) is 32.5 Å². The van der Waals surface area contributed by atoms with Gasteiger partial charge in [0.25, 0.3) is 0 Å². The van der Waals surface area contributed by atoms with E-state index in [0.29, 0.717) is 12.0 Å². The maximum absolute atomic E-state index is 11.6. The van der Waals surface area contributed by atoms with Crippen LogP contribution in [0.2, 0.25) is 0 Å². The Morgan fingerprint density at radius 3 is 2.29 bits per heavy atom. The molecule has 0 unspecified atom stereocenters. The van der Waals surface area contributed by atoms with Crippen LogP contribution in [0.15, 0.2) is 65.8 Å². The molecule has 1 aromatic carbocycles. The fraction of sp³-hybridized carbons (Fsp3) is 0.536. The van der Waals surface area contributed by atoms with Gasteiger partial charge in [-0.2, -0.15) is 0 Å². The number of hydrogen-bond acceptors (Lipinski definition) is 3. The van der Waals surface area contributed by atoms with Gasteiger partial charge in [0.2, 0.25) is 0 Å². The van der Waals surface area contributed by atoms with Crippen molar-refractivity contribution in [1.29, 1.82) is 0 Å². The first-order valence-electron chi connectivity index (χ1n) is 11.8. The zero-order valence-electron chi connectivity index (χ0n) is 20.9. The molecule has 1 aliphatic heterocycles. The maximum atomic E-state index is 11.6. The summed E-state index contributed by atoms with van der Waals surface area (Å²) in [6.45, 7) is 17.8. The molecule has 174 valence electrons. The third kappa shape index (κ3) is 16.4. The average molecular weight is 427 g/mol. The number of allylic oxidation sites excluding steroid dienone is 3. The highest BCUT2D eigenvalue weighted by atomic mass is 16.1. The molecule has 0 amide bonds. The van der Waals surface area contributed by atoms with Crippen LogP contribution in [0.5, 0.6) is 0 Å². The number of hydrogen-bond donors (Lipinski definition) is 2. The monoisotopic (exact) mass is 426 g/mol. The summed E-state index contributed by atoms with van der Waals surface area (Å²) in [7, 11) is 1.99. The molecular weight excluding hydrogens is 380 g/mol. The first-order valence-corrected chi connectivity index (χ1v) is 11.8. The molecule has 2 rings (SSSR count). The smallest absolute Gasteiger partial charge is 0.162 e. The fourth-order valence-corrected chi connectivity index (χ4v) is 2.87. The van der Waals surface area contributed by atoms with Gasteiger partial charge >= 0.3 is 0 Å². The van der Waals surface area contributed by atoms with Crippen LogP contribution in [0.4, 0.5) is 0 Å².